The van der Waals surface area contributed by atoms with Crippen molar-refractivity contribution >= 4 is 6.29 Å². The Morgan fingerprint density at radius 3 is 1.95 bits per heavy atom. The van der Waals surface area contributed by atoms with Crippen molar-refractivity contribution in [2.24, 2.45) is 0 Å². The molecule has 0 aliphatic carbocycles. The molecule has 3 heteroatoms. The van der Waals surface area contributed by atoms with E-state index < -0.39 is 0 Å². The van der Waals surface area contributed by atoms with E-state index in [4.69, 9.17) is 5.11 Å². The van der Waals surface area contributed by atoms with Crippen LogP contribution in [0.1, 0.15) is 32.6 Å². The molecular weight excluding hydrogens is 252 g/mol. The van der Waals surface area contributed by atoms with Crippen LogP contribution in [0.4, 0.5) is 0 Å². The summed E-state index contributed by atoms with van der Waals surface area (Å²) in [6.07, 6.45) is 0.662. The number of aryl methyl sites for hydroxylation is 4. The lowest BCUT2D eigenvalue weighted by atomic mass is 10.1. The highest BCUT2D eigenvalue weighted by molar-refractivity contribution is 5.80. The van der Waals surface area contributed by atoms with Gasteiger partial charge in [-0.2, -0.15) is 0 Å². The van der Waals surface area contributed by atoms with E-state index in [1.54, 1.807) is 19.1 Å². The summed E-state index contributed by atoms with van der Waals surface area (Å²) in [5.74, 6) is 0.464. The van der Waals surface area contributed by atoms with Gasteiger partial charge in [0.2, 0.25) is 0 Å². The zero-order chi connectivity index (χ0) is 15.3. The Labute approximate surface area is 119 Å². The fourth-order valence-corrected chi connectivity index (χ4v) is 1.89. The van der Waals surface area contributed by atoms with Crippen LogP contribution in [-0.2, 0) is 0 Å². The maximum Gasteiger partial charge on any atom is 0.153 e. The van der Waals surface area contributed by atoms with Crippen LogP contribution in [0.2, 0.25) is 0 Å². The molecule has 0 radical (unpaired) electrons. The lowest BCUT2D eigenvalue weighted by Crippen LogP contribution is -1.86. The zero-order valence-corrected chi connectivity index (χ0v) is 12.3. The fourth-order valence-electron chi connectivity index (χ4n) is 1.89. The van der Waals surface area contributed by atoms with Gasteiger partial charge in [-0.05, 0) is 56.5 Å². The van der Waals surface area contributed by atoms with Crippen molar-refractivity contribution < 1.29 is 15.0 Å². The van der Waals surface area contributed by atoms with Gasteiger partial charge in [-0.3, -0.25) is 4.79 Å². The van der Waals surface area contributed by atoms with E-state index in [9.17, 15) is 9.90 Å². The number of aromatic hydroxyl groups is 2. The normalized spacial score (nSPS) is 9.60. The first-order valence-corrected chi connectivity index (χ1v) is 6.36. The Balaban J connectivity index is 0.000000204. The quantitative estimate of drug-likeness (QED) is 0.776. The molecule has 2 N–H and O–H groups in total. The van der Waals surface area contributed by atoms with Gasteiger partial charge in [-0.1, -0.05) is 23.8 Å². The molecule has 0 fully saturated rings. The number of phenolic OH excluding ortho intramolecular Hbond substituents is 2. The Morgan fingerprint density at radius 1 is 0.850 bits per heavy atom. The van der Waals surface area contributed by atoms with Crippen LogP contribution in [-0.4, -0.2) is 16.5 Å². The summed E-state index contributed by atoms with van der Waals surface area (Å²) in [5.41, 5.74) is 4.22. The standard InChI is InChI=1S/C9H10O2.C8H10O/c1-6-3-7(2)9(11)8(4-6)5-10;1-6-3-4-8(9)7(2)5-6/h3-5,11H,1-2H3;3-5,9H,1-2H3. The van der Waals surface area contributed by atoms with E-state index in [1.807, 2.05) is 39.0 Å². The van der Waals surface area contributed by atoms with Crippen molar-refractivity contribution in [1.29, 1.82) is 0 Å². The van der Waals surface area contributed by atoms with Gasteiger partial charge in [-0.25, -0.2) is 0 Å². The van der Waals surface area contributed by atoms with Gasteiger partial charge in [0.15, 0.2) is 6.29 Å². The van der Waals surface area contributed by atoms with Crippen LogP contribution < -0.4 is 0 Å². The third-order valence-electron chi connectivity index (χ3n) is 2.95. The number of hydrogen-bond acceptors (Lipinski definition) is 3. The number of phenols is 2. The molecule has 0 aliphatic rings. The van der Waals surface area contributed by atoms with Crippen LogP contribution >= 0.6 is 0 Å². The van der Waals surface area contributed by atoms with Gasteiger partial charge in [0.05, 0.1) is 5.56 Å². The lowest BCUT2D eigenvalue weighted by molar-refractivity contribution is 0.112. The first kappa shape index (κ1) is 15.8. The van der Waals surface area contributed by atoms with E-state index in [1.165, 1.54) is 5.56 Å². The molecule has 3 nitrogen and oxygen atoms in total. The molecule has 0 spiro atoms. The molecule has 0 heterocycles. The molecule has 2 aromatic rings. The van der Waals surface area contributed by atoms with Crippen LogP contribution in [0.15, 0.2) is 30.3 Å². The number of benzene rings is 2. The number of carbonyl (C=O) groups excluding carboxylic acids is 1. The maximum atomic E-state index is 10.4. The SMILES string of the molecule is Cc1cc(C)c(O)c(C=O)c1.Cc1ccc(O)c(C)c1. The summed E-state index contributed by atoms with van der Waals surface area (Å²) < 4.78 is 0. The second-order valence-electron chi connectivity index (χ2n) is 4.93. The van der Waals surface area contributed by atoms with Crippen LogP contribution in [0.3, 0.4) is 0 Å². The molecule has 2 aromatic carbocycles. The summed E-state index contributed by atoms with van der Waals surface area (Å²) in [6, 6.07) is 9.06. The first-order valence-electron chi connectivity index (χ1n) is 6.36. The molecule has 0 aromatic heterocycles. The van der Waals surface area contributed by atoms with Gasteiger partial charge in [0, 0.05) is 0 Å². The second kappa shape index (κ2) is 6.75. The molecule has 0 unspecified atom stereocenters. The Hall–Kier alpha value is -2.29. The maximum absolute atomic E-state index is 10.4. The lowest BCUT2D eigenvalue weighted by Gasteiger charge is -2.02. The minimum absolute atomic E-state index is 0.0885. The van der Waals surface area contributed by atoms with Gasteiger partial charge in [-0.15, -0.1) is 0 Å². The average molecular weight is 272 g/mol. The second-order valence-corrected chi connectivity index (χ2v) is 4.93. The predicted octanol–water partition coefficient (Wildman–Crippen LogP) is 3.83. The highest BCUT2D eigenvalue weighted by Gasteiger charge is 2.02. The summed E-state index contributed by atoms with van der Waals surface area (Å²) in [7, 11) is 0. The van der Waals surface area contributed by atoms with Crippen LogP contribution in [0.25, 0.3) is 0 Å². The third kappa shape index (κ3) is 4.12. The van der Waals surface area contributed by atoms with Gasteiger partial charge >= 0.3 is 0 Å². The molecule has 2 rings (SSSR count). The van der Waals surface area contributed by atoms with Crippen molar-refractivity contribution in [2.45, 2.75) is 27.7 Å². The van der Waals surface area contributed by atoms with Gasteiger partial charge < -0.3 is 10.2 Å². The number of hydrogen-bond donors (Lipinski definition) is 2. The van der Waals surface area contributed by atoms with Crippen molar-refractivity contribution in [1.82, 2.24) is 0 Å². The van der Waals surface area contributed by atoms with E-state index in [-0.39, 0.29) is 5.75 Å². The van der Waals surface area contributed by atoms with E-state index >= 15 is 0 Å². The molecule has 0 aliphatic heterocycles. The minimum atomic E-state index is 0.0885. The summed E-state index contributed by atoms with van der Waals surface area (Å²) in [6.45, 7) is 7.56. The third-order valence-corrected chi connectivity index (χ3v) is 2.95. The summed E-state index contributed by atoms with van der Waals surface area (Å²) in [4.78, 5) is 10.4. The van der Waals surface area contributed by atoms with Crippen molar-refractivity contribution in [2.75, 3.05) is 0 Å². The largest absolute Gasteiger partial charge is 0.508 e. The molecule has 20 heavy (non-hydrogen) atoms. The molecule has 0 saturated heterocycles. The molecule has 0 saturated carbocycles. The van der Waals surface area contributed by atoms with Crippen molar-refractivity contribution in [3.8, 4) is 11.5 Å². The van der Waals surface area contributed by atoms with Gasteiger partial charge in [0.1, 0.15) is 11.5 Å². The topological polar surface area (TPSA) is 57.5 Å². The van der Waals surface area contributed by atoms with Gasteiger partial charge in [0.25, 0.3) is 0 Å². The molecule has 0 amide bonds. The van der Waals surface area contributed by atoms with E-state index in [2.05, 4.69) is 0 Å². The molecule has 0 bridgehead atoms. The predicted molar refractivity (Wildman–Crippen MR) is 80.5 cm³/mol. The van der Waals surface area contributed by atoms with Crippen molar-refractivity contribution in [3.05, 3.63) is 58.1 Å². The number of rotatable bonds is 1. The Morgan fingerprint density at radius 2 is 1.45 bits per heavy atom. The minimum Gasteiger partial charge on any atom is -0.508 e. The Kier molecular flexibility index (Phi) is 5.32. The van der Waals surface area contributed by atoms with Crippen LogP contribution in [0.5, 0.6) is 11.5 Å². The highest BCUT2D eigenvalue weighted by atomic mass is 16.3. The molecular formula is C17H20O3. The van der Waals surface area contributed by atoms with Crippen molar-refractivity contribution in [3.63, 3.8) is 0 Å². The fraction of sp³-hybridized carbons (Fsp3) is 0.235. The molecule has 106 valence electrons. The number of carbonyl (C=O) groups is 1. The average Bonchev–Trinajstić information content (AvgIpc) is 2.39. The Bertz CT molecular complexity index is 616. The number of aldehydes is 1. The first-order chi connectivity index (χ1) is 9.35. The monoisotopic (exact) mass is 272 g/mol. The van der Waals surface area contributed by atoms with E-state index in [0.29, 0.717) is 17.6 Å². The van der Waals surface area contributed by atoms with E-state index in [0.717, 1.165) is 16.7 Å². The van der Waals surface area contributed by atoms with Crippen LogP contribution in [0, 0.1) is 27.7 Å². The smallest absolute Gasteiger partial charge is 0.153 e. The zero-order valence-electron chi connectivity index (χ0n) is 12.3. The summed E-state index contributed by atoms with van der Waals surface area (Å²) >= 11 is 0. The highest BCUT2D eigenvalue weighted by Crippen LogP contribution is 2.21. The summed E-state index contributed by atoms with van der Waals surface area (Å²) in [5, 5.41) is 18.3. The molecule has 0 atom stereocenters.